The second-order valence-corrected chi connectivity index (χ2v) is 4.30. The summed E-state index contributed by atoms with van der Waals surface area (Å²) in [5.74, 6) is 0.602. The minimum atomic E-state index is 0.602. The van der Waals surface area contributed by atoms with Crippen molar-refractivity contribution in [1.29, 1.82) is 0 Å². The van der Waals surface area contributed by atoms with Gasteiger partial charge in [0.1, 0.15) is 5.82 Å². The zero-order valence-electron chi connectivity index (χ0n) is 7.53. The molecule has 3 rings (SSSR count). The summed E-state index contributed by atoms with van der Waals surface area (Å²) >= 11 is 0. The third-order valence-electron chi connectivity index (χ3n) is 3.15. The van der Waals surface area contributed by atoms with Crippen molar-refractivity contribution in [2.45, 2.75) is 12.8 Å². The summed E-state index contributed by atoms with van der Waals surface area (Å²) in [5.41, 5.74) is 7.45. The van der Waals surface area contributed by atoms with Gasteiger partial charge in [-0.25, -0.2) is 4.98 Å². The summed E-state index contributed by atoms with van der Waals surface area (Å²) in [6, 6.07) is 3.92. The number of rotatable bonds is 1. The van der Waals surface area contributed by atoms with Gasteiger partial charge in [-0.05, 0) is 25.0 Å². The molecule has 68 valence electrons. The predicted molar refractivity (Wildman–Crippen MR) is 52.5 cm³/mol. The minimum Gasteiger partial charge on any atom is -0.384 e. The maximum Gasteiger partial charge on any atom is 0.123 e. The number of pyridine rings is 1. The molecule has 2 aliphatic rings. The largest absolute Gasteiger partial charge is 0.384 e. The van der Waals surface area contributed by atoms with E-state index >= 15 is 0 Å². The van der Waals surface area contributed by atoms with Gasteiger partial charge in [-0.3, -0.25) is 0 Å². The first kappa shape index (κ1) is 7.18. The molecule has 0 aromatic carbocycles. The van der Waals surface area contributed by atoms with Crippen molar-refractivity contribution < 1.29 is 0 Å². The SMILES string of the molecule is Nc1ccc(N2CC3(CC3)C2)cn1. The van der Waals surface area contributed by atoms with Crippen molar-refractivity contribution in [3.05, 3.63) is 18.3 Å². The average molecular weight is 175 g/mol. The van der Waals surface area contributed by atoms with Crippen LogP contribution in [0.4, 0.5) is 11.5 Å². The maximum atomic E-state index is 5.52. The highest BCUT2D eigenvalue weighted by Crippen LogP contribution is 2.53. The summed E-state index contributed by atoms with van der Waals surface area (Å²) in [7, 11) is 0. The van der Waals surface area contributed by atoms with Crippen LogP contribution >= 0.6 is 0 Å². The fourth-order valence-corrected chi connectivity index (χ4v) is 2.02. The Morgan fingerprint density at radius 3 is 2.62 bits per heavy atom. The van der Waals surface area contributed by atoms with Crippen molar-refractivity contribution >= 4 is 11.5 Å². The van der Waals surface area contributed by atoms with Gasteiger partial charge in [-0.1, -0.05) is 0 Å². The zero-order chi connectivity index (χ0) is 8.89. The molecule has 1 aliphatic carbocycles. The molecular weight excluding hydrogens is 162 g/mol. The van der Waals surface area contributed by atoms with Crippen LogP contribution in [-0.4, -0.2) is 18.1 Å². The van der Waals surface area contributed by atoms with Gasteiger partial charge in [-0.15, -0.1) is 0 Å². The van der Waals surface area contributed by atoms with Gasteiger partial charge in [-0.2, -0.15) is 0 Å². The van der Waals surface area contributed by atoms with E-state index in [2.05, 4.69) is 16.0 Å². The van der Waals surface area contributed by atoms with Crippen LogP contribution in [0.25, 0.3) is 0 Å². The number of anilines is 2. The van der Waals surface area contributed by atoms with Crippen molar-refractivity contribution in [2.24, 2.45) is 5.41 Å². The Hall–Kier alpha value is -1.25. The quantitative estimate of drug-likeness (QED) is 0.698. The highest BCUT2D eigenvalue weighted by molar-refractivity contribution is 5.51. The number of nitrogen functional groups attached to an aromatic ring is 1. The van der Waals surface area contributed by atoms with E-state index in [1.807, 2.05) is 12.3 Å². The molecular formula is C10H13N3. The van der Waals surface area contributed by atoms with Gasteiger partial charge in [0.25, 0.3) is 0 Å². The molecule has 1 saturated heterocycles. The number of nitrogens with zero attached hydrogens (tertiary/aromatic N) is 2. The van der Waals surface area contributed by atoms with E-state index in [1.165, 1.54) is 31.6 Å². The molecule has 0 atom stereocenters. The van der Waals surface area contributed by atoms with E-state index in [1.54, 1.807) is 0 Å². The lowest BCUT2D eigenvalue weighted by Crippen LogP contribution is -2.48. The van der Waals surface area contributed by atoms with E-state index in [4.69, 9.17) is 5.73 Å². The fraction of sp³-hybridized carbons (Fsp3) is 0.500. The van der Waals surface area contributed by atoms with Gasteiger partial charge >= 0.3 is 0 Å². The van der Waals surface area contributed by atoms with Crippen molar-refractivity contribution in [3.8, 4) is 0 Å². The molecule has 1 aromatic rings. The molecule has 0 bridgehead atoms. The number of aromatic nitrogens is 1. The third kappa shape index (κ3) is 1.07. The second kappa shape index (κ2) is 2.16. The summed E-state index contributed by atoms with van der Waals surface area (Å²) < 4.78 is 0. The summed E-state index contributed by atoms with van der Waals surface area (Å²) in [6.45, 7) is 2.44. The molecule has 1 aliphatic heterocycles. The normalized spacial score (nSPS) is 22.9. The lowest BCUT2D eigenvalue weighted by atomic mass is 9.96. The smallest absolute Gasteiger partial charge is 0.123 e. The molecule has 2 fully saturated rings. The van der Waals surface area contributed by atoms with Crippen LogP contribution in [-0.2, 0) is 0 Å². The third-order valence-corrected chi connectivity index (χ3v) is 3.15. The van der Waals surface area contributed by atoms with E-state index in [0.29, 0.717) is 11.2 Å². The summed E-state index contributed by atoms with van der Waals surface area (Å²) in [5, 5.41) is 0. The van der Waals surface area contributed by atoms with Crippen molar-refractivity contribution in [3.63, 3.8) is 0 Å². The summed E-state index contributed by atoms with van der Waals surface area (Å²) in [6.07, 6.45) is 4.71. The van der Waals surface area contributed by atoms with Crippen LogP contribution in [0, 0.1) is 5.41 Å². The zero-order valence-corrected chi connectivity index (χ0v) is 7.53. The maximum absolute atomic E-state index is 5.52. The molecule has 1 aromatic heterocycles. The standard InChI is InChI=1S/C10H13N3/c11-9-2-1-8(5-12-9)13-6-10(7-13)3-4-10/h1-2,5H,3-4,6-7H2,(H2,11,12). The first-order valence-electron chi connectivity index (χ1n) is 4.74. The predicted octanol–water partition coefficient (Wildman–Crippen LogP) is 1.26. The average Bonchev–Trinajstić information content (AvgIpc) is 2.83. The Morgan fingerprint density at radius 1 is 1.31 bits per heavy atom. The first-order valence-corrected chi connectivity index (χ1v) is 4.74. The molecule has 1 saturated carbocycles. The lowest BCUT2D eigenvalue weighted by molar-refractivity contribution is 0.387. The lowest BCUT2D eigenvalue weighted by Gasteiger charge is -2.41. The van der Waals surface area contributed by atoms with Crippen LogP contribution < -0.4 is 10.6 Å². The van der Waals surface area contributed by atoms with E-state index in [0.717, 1.165) is 0 Å². The molecule has 13 heavy (non-hydrogen) atoms. The van der Waals surface area contributed by atoms with Gasteiger partial charge < -0.3 is 10.6 Å². The Kier molecular flexibility index (Phi) is 1.19. The molecule has 0 unspecified atom stereocenters. The van der Waals surface area contributed by atoms with Crippen LogP contribution in [0.1, 0.15) is 12.8 Å². The van der Waals surface area contributed by atoms with Crippen molar-refractivity contribution in [2.75, 3.05) is 23.7 Å². The van der Waals surface area contributed by atoms with E-state index < -0.39 is 0 Å². The summed E-state index contributed by atoms with van der Waals surface area (Å²) in [4.78, 5) is 6.46. The van der Waals surface area contributed by atoms with E-state index in [9.17, 15) is 0 Å². The Bertz CT molecular complexity index is 319. The Labute approximate surface area is 77.6 Å². The fourth-order valence-electron chi connectivity index (χ4n) is 2.02. The van der Waals surface area contributed by atoms with Crippen LogP contribution in [0.3, 0.4) is 0 Å². The molecule has 3 nitrogen and oxygen atoms in total. The number of hydrogen-bond acceptors (Lipinski definition) is 3. The Morgan fingerprint density at radius 2 is 2.08 bits per heavy atom. The molecule has 1 spiro atoms. The highest BCUT2D eigenvalue weighted by Gasteiger charge is 2.52. The number of hydrogen-bond donors (Lipinski definition) is 1. The molecule has 0 amide bonds. The highest BCUT2D eigenvalue weighted by atomic mass is 15.2. The number of nitrogens with two attached hydrogens (primary N) is 1. The van der Waals surface area contributed by atoms with Gasteiger partial charge in [0.2, 0.25) is 0 Å². The van der Waals surface area contributed by atoms with Crippen LogP contribution in [0.2, 0.25) is 0 Å². The van der Waals surface area contributed by atoms with E-state index in [-0.39, 0.29) is 0 Å². The van der Waals surface area contributed by atoms with Gasteiger partial charge in [0, 0.05) is 18.5 Å². The van der Waals surface area contributed by atoms with Gasteiger partial charge in [0.15, 0.2) is 0 Å². The molecule has 3 heteroatoms. The molecule has 2 N–H and O–H groups in total. The van der Waals surface area contributed by atoms with Crippen LogP contribution in [0.15, 0.2) is 18.3 Å². The molecule has 2 heterocycles. The van der Waals surface area contributed by atoms with Crippen molar-refractivity contribution in [1.82, 2.24) is 4.98 Å². The minimum absolute atomic E-state index is 0.602. The van der Waals surface area contributed by atoms with Crippen LogP contribution in [0.5, 0.6) is 0 Å². The second-order valence-electron chi connectivity index (χ2n) is 4.30. The molecule has 0 radical (unpaired) electrons. The first-order chi connectivity index (χ1) is 6.27. The van der Waals surface area contributed by atoms with Gasteiger partial charge in [0.05, 0.1) is 11.9 Å². The monoisotopic (exact) mass is 175 g/mol. The topological polar surface area (TPSA) is 42.1 Å². The Balaban J connectivity index is 1.75.